The number of aryl methyl sites for hydroxylation is 1. The van der Waals surface area contributed by atoms with Crippen molar-refractivity contribution in [2.24, 2.45) is 0 Å². The zero-order chi connectivity index (χ0) is 10.8. The molecule has 2 nitrogen and oxygen atoms in total. The summed E-state index contributed by atoms with van der Waals surface area (Å²) in [7, 11) is 0. The second-order valence-electron chi connectivity index (χ2n) is 3.17. The lowest BCUT2D eigenvalue weighted by Crippen LogP contribution is -1.90. The maximum Gasteiger partial charge on any atom is 0.159 e. The summed E-state index contributed by atoms with van der Waals surface area (Å²) in [5.74, 6) is -1.73. The van der Waals surface area contributed by atoms with Crippen LogP contribution in [-0.2, 0) is 0 Å². The highest BCUT2D eigenvalue weighted by atomic mass is 35.5. The molecule has 0 radical (unpaired) electrons. The molecule has 1 aromatic heterocycles. The molecule has 0 fully saturated rings. The minimum Gasteiger partial charge on any atom is -0.242 e. The van der Waals surface area contributed by atoms with Crippen LogP contribution in [0, 0.1) is 18.6 Å². The van der Waals surface area contributed by atoms with Crippen LogP contribution >= 0.6 is 12.4 Å². The van der Waals surface area contributed by atoms with E-state index in [4.69, 9.17) is 0 Å². The molecule has 1 heterocycles. The Morgan fingerprint density at radius 2 is 1.75 bits per heavy atom. The third kappa shape index (κ3) is 2.52. The number of rotatable bonds is 1. The predicted molar refractivity (Wildman–Crippen MR) is 59.4 cm³/mol. The SMILES string of the molecule is Cc1cc(-c2ccc(F)c(F)c2)ncn1.Cl. The predicted octanol–water partition coefficient (Wildman–Crippen LogP) is 3.15. The van der Waals surface area contributed by atoms with Gasteiger partial charge in [0.25, 0.3) is 0 Å². The van der Waals surface area contributed by atoms with Gasteiger partial charge in [0, 0.05) is 11.3 Å². The third-order valence-corrected chi connectivity index (χ3v) is 2.02. The van der Waals surface area contributed by atoms with Gasteiger partial charge in [-0.25, -0.2) is 18.7 Å². The average Bonchev–Trinajstić information content (AvgIpc) is 2.22. The van der Waals surface area contributed by atoms with Gasteiger partial charge in [-0.05, 0) is 31.2 Å². The molecule has 0 aliphatic heterocycles. The van der Waals surface area contributed by atoms with E-state index >= 15 is 0 Å². The fourth-order valence-electron chi connectivity index (χ4n) is 1.27. The molecule has 1 aromatic carbocycles. The highest BCUT2D eigenvalue weighted by Gasteiger charge is 2.05. The molecule has 0 bridgehead atoms. The van der Waals surface area contributed by atoms with Crippen LogP contribution in [0.25, 0.3) is 11.3 Å². The number of benzene rings is 1. The zero-order valence-corrected chi connectivity index (χ0v) is 9.26. The zero-order valence-electron chi connectivity index (χ0n) is 8.45. The molecule has 0 saturated heterocycles. The van der Waals surface area contributed by atoms with E-state index in [1.807, 2.05) is 6.92 Å². The third-order valence-electron chi connectivity index (χ3n) is 2.02. The van der Waals surface area contributed by atoms with Crippen molar-refractivity contribution >= 4 is 12.4 Å². The maximum atomic E-state index is 12.9. The van der Waals surface area contributed by atoms with Crippen LogP contribution in [0.3, 0.4) is 0 Å². The maximum absolute atomic E-state index is 12.9. The van der Waals surface area contributed by atoms with Gasteiger partial charge >= 0.3 is 0 Å². The summed E-state index contributed by atoms with van der Waals surface area (Å²) < 4.78 is 25.6. The van der Waals surface area contributed by atoms with Gasteiger partial charge in [-0.3, -0.25) is 0 Å². The first-order valence-electron chi connectivity index (χ1n) is 4.41. The summed E-state index contributed by atoms with van der Waals surface area (Å²) >= 11 is 0. The van der Waals surface area contributed by atoms with Crippen LogP contribution in [0.5, 0.6) is 0 Å². The first-order chi connectivity index (χ1) is 7.16. The molecule has 0 amide bonds. The van der Waals surface area contributed by atoms with Crippen LogP contribution < -0.4 is 0 Å². The van der Waals surface area contributed by atoms with Crippen LogP contribution in [0.2, 0.25) is 0 Å². The molecule has 2 rings (SSSR count). The van der Waals surface area contributed by atoms with E-state index in [0.29, 0.717) is 11.3 Å². The summed E-state index contributed by atoms with van der Waals surface area (Å²) in [5, 5.41) is 0. The van der Waals surface area contributed by atoms with Gasteiger partial charge in [-0.1, -0.05) is 0 Å². The Morgan fingerprint density at radius 3 is 2.38 bits per heavy atom. The molecule has 0 spiro atoms. The molecule has 0 aliphatic carbocycles. The van der Waals surface area contributed by atoms with Gasteiger partial charge in [0.1, 0.15) is 6.33 Å². The normalized spacial score (nSPS) is 9.69. The minimum absolute atomic E-state index is 0. The molecular weight excluding hydrogens is 234 g/mol. The van der Waals surface area contributed by atoms with Gasteiger partial charge in [0.2, 0.25) is 0 Å². The van der Waals surface area contributed by atoms with Crippen molar-refractivity contribution in [3.05, 3.63) is 47.9 Å². The van der Waals surface area contributed by atoms with Crippen molar-refractivity contribution in [2.75, 3.05) is 0 Å². The number of hydrogen-bond acceptors (Lipinski definition) is 2. The molecular formula is C11H9ClF2N2. The van der Waals surface area contributed by atoms with E-state index in [-0.39, 0.29) is 12.4 Å². The summed E-state index contributed by atoms with van der Waals surface area (Å²) in [6.45, 7) is 1.81. The van der Waals surface area contributed by atoms with E-state index in [2.05, 4.69) is 9.97 Å². The highest BCUT2D eigenvalue weighted by Crippen LogP contribution is 2.19. The van der Waals surface area contributed by atoms with Gasteiger partial charge in [0.15, 0.2) is 11.6 Å². The molecule has 0 unspecified atom stereocenters. The summed E-state index contributed by atoms with van der Waals surface area (Å²) in [4.78, 5) is 7.91. The highest BCUT2D eigenvalue weighted by molar-refractivity contribution is 5.85. The molecule has 0 aliphatic rings. The first-order valence-corrected chi connectivity index (χ1v) is 4.41. The number of hydrogen-bond donors (Lipinski definition) is 0. The van der Waals surface area contributed by atoms with Gasteiger partial charge < -0.3 is 0 Å². The van der Waals surface area contributed by atoms with Crippen molar-refractivity contribution in [1.29, 1.82) is 0 Å². The largest absolute Gasteiger partial charge is 0.242 e. The molecule has 0 atom stereocenters. The van der Waals surface area contributed by atoms with Crippen LogP contribution in [0.15, 0.2) is 30.6 Å². The van der Waals surface area contributed by atoms with Gasteiger partial charge in [-0.2, -0.15) is 0 Å². The number of halogens is 3. The molecule has 0 N–H and O–H groups in total. The van der Waals surface area contributed by atoms with E-state index in [0.717, 1.165) is 17.8 Å². The Morgan fingerprint density at radius 1 is 1.00 bits per heavy atom. The van der Waals surface area contributed by atoms with Crippen LogP contribution in [0.1, 0.15) is 5.69 Å². The average molecular weight is 243 g/mol. The lowest BCUT2D eigenvalue weighted by Gasteiger charge is -2.01. The molecule has 5 heteroatoms. The molecule has 84 valence electrons. The Kier molecular flexibility index (Phi) is 3.90. The fourth-order valence-corrected chi connectivity index (χ4v) is 1.27. The second-order valence-corrected chi connectivity index (χ2v) is 3.17. The van der Waals surface area contributed by atoms with Gasteiger partial charge in [0.05, 0.1) is 5.69 Å². The van der Waals surface area contributed by atoms with Crippen molar-refractivity contribution in [3.63, 3.8) is 0 Å². The smallest absolute Gasteiger partial charge is 0.159 e. The van der Waals surface area contributed by atoms with Crippen molar-refractivity contribution < 1.29 is 8.78 Å². The Labute approximate surface area is 97.8 Å². The number of nitrogens with zero attached hydrogens (tertiary/aromatic N) is 2. The van der Waals surface area contributed by atoms with E-state index in [1.165, 1.54) is 12.4 Å². The van der Waals surface area contributed by atoms with Crippen LogP contribution in [0.4, 0.5) is 8.78 Å². The summed E-state index contributed by atoms with van der Waals surface area (Å²) in [6, 6.07) is 5.41. The Bertz CT molecular complexity index is 503. The quantitative estimate of drug-likeness (QED) is 0.768. The monoisotopic (exact) mass is 242 g/mol. The Hall–Kier alpha value is -1.55. The molecule has 0 saturated carbocycles. The van der Waals surface area contributed by atoms with E-state index in [9.17, 15) is 8.78 Å². The molecule has 16 heavy (non-hydrogen) atoms. The van der Waals surface area contributed by atoms with E-state index in [1.54, 1.807) is 6.07 Å². The Balaban J connectivity index is 0.00000128. The fraction of sp³-hybridized carbons (Fsp3) is 0.0909. The van der Waals surface area contributed by atoms with Crippen molar-refractivity contribution in [1.82, 2.24) is 9.97 Å². The van der Waals surface area contributed by atoms with Crippen LogP contribution in [-0.4, -0.2) is 9.97 Å². The lowest BCUT2D eigenvalue weighted by atomic mass is 10.1. The van der Waals surface area contributed by atoms with E-state index < -0.39 is 11.6 Å². The summed E-state index contributed by atoms with van der Waals surface area (Å²) in [5.41, 5.74) is 1.91. The second kappa shape index (κ2) is 4.99. The van der Waals surface area contributed by atoms with Gasteiger partial charge in [-0.15, -0.1) is 12.4 Å². The first kappa shape index (κ1) is 12.5. The standard InChI is InChI=1S/C11H8F2N2.ClH/c1-7-4-11(15-6-14-7)8-2-3-9(12)10(13)5-8;/h2-6H,1H3;1H. The van der Waals surface area contributed by atoms with Crippen molar-refractivity contribution in [2.45, 2.75) is 6.92 Å². The topological polar surface area (TPSA) is 25.8 Å². The lowest BCUT2D eigenvalue weighted by molar-refractivity contribution is 0.509. The number of aromatic nitrogens is 2. The molecule has 2 aromatic rings. The van der Waals surface area contributed by atoms with Crippen molar-refractivity contribution in [3.8, 4) is 11.3 Å². The minimum atomic E-state index is -0.872. The summed E-state index contributed by atoms with van der Waals surface area (Å²) in [6.07, 6.45) is 1.39.